The number of hydrazone groups is 1. The van der Waals surface area contributed by atoms with Gasteiger partial charge >= 0.3 is 5.97 Å². The Morgan fingerprint density at radius 3 is 2.05 bits per heavy atom. The van der Waals surface area contributed by atoms with E-state index in [1.807, 2.05) is 38.1 Å². The number of ether oxygens (including phenoxy) is 1. The van der Waals surface area contributed by atoms with E-state index in [2.05, 4.69) is 15.8 Å². The van der Waals surface area contributed by atoms with E-state index in [1.54, 1.807) is 72.8 Å². The van der Waals surface area contributed by atoms with Gasteiger partial charge in [-0.05, 0) is 68.4 Å². The number of amides is 2. The van der Waals surface area contributed by atoms with Crippen molar-refractivity contribution in [2.45, 2.75) is 13.8 Å². The van der Waals surface area contributed by atoms with Crippen molar-refractivity contribution in [3.63, 3.8) is 0 Å². The standard InChI is InChI=1S/C30H25N3O4/c1-20-10-14-22(15-11-20)28(34)32-26-8-5-7-24(18-26)29(35)33-31-19-25-6-3-4-9-27(25)37-30(36)23-16-12-21(2)13-17-23/h3-19H,1-2H3,(H,32,34)(H,33,35). The average molecular weight is 492 g/mol. The van der Waals surface area contributed by atoms with Gasteiger partial charge in [-0.1, -0.05) is 53.6 Å². The van der Waals surface area contributed by atoms with E-state index in [9.17, 15) is 14.4 Å². The van der Waals surface area contributed by atoms with Gasteiger partial charge in [-0.25, -0.2) is 10.2 Å². The van der Waals surface area contributed by atoms with Gasteiger partial charge in [-0.15, -0.1) is 0 Å². The molecule has 4 aromatic carbocycles. The maximum atomic E-state index is 12.6. The van der Waals surface area contributed by atoms with E-state index in [-0.39, 0.29) is 5.91 Å². The number of hydrogen-bond donors (Lipinski definition) is 2. The first kappa shape index (κ1) is 25.1. The van der Waals surface area contributed by atoms with Crippen LogP contribution in [0.4, 0.5) is 5.69 Å². The van der Waals surface area contributed by atoms with Gasteiger partial charge in [0.25, 0.3) is 11.8 Å². The zero-order valence-corrected chi connectivity index (χ0v) is 20.4. The zero-order valence-electron chi connectivity index (χ0n) is 20.4. The molecule has 0 saturated heterocycles. The molecule has 0 aliphatic rings. The molecule has 4 aromatic rings. The fourth-order valence-corrected chi connectivity index (χ4v) is 3.40. The fourth-order valence-electron chi connectivity index (χ4n) is 3.40. The van der Waals surface area contributed by atoms with E-state index >= 15 is 0 Å². The topological polar surface area (TPSA) is 96.9 Å². The first-order valence-corrected chi connectivity index (χ1v) is 11.6. The van der Waals surface area contributed by atoms with Gasteiger partial charge in [-0.3, -0.25) is 9.59 Å². The second-order valence-corrected chi connectivity index (χ2v) is 8.39. The van der Waals surface area contributed by atoms with Crippen molar-refractivity contribution in [1.29, 1.82) is 0 Å². The van der Waals surface area contributed by atoms with E-state index in [0.717, 1.165) is 11.1 Å². The molecule has 2 amide bonds. The summed E-state index contributed by atoms with van der Waals surface area (Å²) in [6.07, 6.45) is 1.40. The lowest BCUT2D eigenvalue weighted by Crippen LogP contribution is -2.18. The highest BCUT2D eigenvalue weighted by Crippen LogP contribution is 2.18. The minimum absolute atomic E-state index is 0.271. The Balaban J connectivity index is 1.39. The number of nitrogens with one attached hydrogen (secondary N) is 2. The van der Waals surface area contributed by atoms with Crippen molar-refractivity contribution < 1.29 is 19.1 Å². The van der Waals surface area contributed by atoms with E-state index in [0.29, 0.717) is 33.7 Å². The van der Waals surface area contributed by atoms with Gasteiger partial charge < -0.3 is 10.1 Å². The van der Waals surface area contributed by atoms with E-state index in [4.69, 9.17) is 4.74 Å². The summed E-state index contributed by atoms with van der Waals surface area (Å²) in [6.45, 7) is 3.88. The lowest BCUT2D eigenvalue weighted by Gasteiger charge is -2.08. The van der Waals surface area contributed by atoms with Crippen LogP contribution in [0, 0.1) is 13.8 Å². The van der Waals surface area contributed by atoms with Crippen LogP contribution in [-0.2, 0) is 0 Å². The number of carbonyl (C=O) groups is 3. The Bertz CT molecular complexity index is 1460. The Labute approximate surface area is 214 Å². The molecule has 0 heterocycles. The largest absolute Gasteiger partial charge is 0.422 e. The summed E-state index contributed by atoms with van der Waals surface area (Å²) < 4.78 is 5.53. The van der Waals surface area contributed by atoms with Crippen molar-refractivity contribution >= 4 is 29.7 Å². The Morgan fingerprint density at radius 2 is 1.35 bits per heavy atom. The molecule has 2 N–H and O–H groups in total. The zero-order chi connectivity index (χ0) is 26.2. The molecule has 0 aliphatic heterocycles. The van der Waals surface area contributed by atoms with Crippen LogP contribution in [0.1, 0.15) is 47.8 Å². The number of anilines is 1. The van der Waals surface area contributed by atoms with Crippen molar-refractivity contribution in [3.05, 3.63) is 130 Å². The number of nitrogens with zero attached hydrogens (tertiary/aromatic N) is 1. The second-order valence-electron chi connectivity index (χ2n) is 8.39. The molecule has 0 aliphatic carbocycles. The summed E-state index contributed by atoms with van der Waals surface area (Å²) in [5.74, 6) is -0.912. The number of hydrogen-bond acceptors (Lipinski definition) is 5. The molecule has 184 valence electrons. The highest BCUT2D eigenvalue weighted by molar-refractivity contribution is 6.05. The lowest BCUT2D eigenvalue weighted by atomic mass is 10.1. The number of aryl methyl sites for hydroxylation is 2. The quantitative estimate of drug-likeness (QED) is 0.154. The fraction of sp³-hybridized carbons (Fsp3) is 0.0667. The summed E-state index contributed by atoms with van der Waals surface area (Å²) in [5, 5.41) is 6.80. The summed E-state index contributed by atoms with van der Waals surface area (Å²) in [4.78, 5) is 37.6. The van der Waals surface area contributed by atoms with Crippen LogP contribution in [-0.4, -0.2) is 24.0 Å². The molecule has 7 nitrogen and oxygen atoms in total. The number of benzene rings is 4. The molecule has 0 spiro atoms. The number of carbonyl (C=O) groups excluding carboxylic acids is 3. The average Bonchev–Trinajstić information content (AvgIpc) is 2.90. The first-order valence-electron chi connectivity index (χ1n) is 11.6. The molecule has 0 bridgehead atoms. The summed E-state index contributed by atoms with van der Waals surface area (Å²) in [7, 11) is 0. The molecule has 0 aromatic heterocycles. The number of esters is 1. The molecule has 37 heavy (non-hydrogen) atoms. The Kier molecular flexibility index (Phi) is 7.85. The van der Waals surface area contributed by atoms with Gasteiger partial charge in [-0.2, -0.15) is 5.10 Å². The van der Waals surface area contributed by atoms with Crippen LogP contribution in [0.25, 0.3) is 0 Å². The van der Waals surface area contributed by atoms with E-state index < -0.39 is 11.9 Å². The minimum atomic E-state index is -0.491. The van der Waals surface area contributed by atoms with Gasteiger partial charge in [0.05, 0.1) is 11.8 Å². The molecule has 0 unspecified atom stereocenters. The highest BCUT2D eigenvalue weighted by Gasteiger charge is 2.12. The second kappa shape index (κ2) is 11.6. The molecule has 0 fully saturated rings. The number of rotatable bonds is 7. The van der Waals surface area contributed by atoms with Crippen molar-refractivity contribution in [2.75, 3.05) is 5.32 Å². The predicted octanol–water partition coefficient (Wildman–Crippen LogP) is 5.54. The van der Waals surface area contributed by atoms with Crippen molar-refractivity contribution in [3.8, 4) is 5.75 Å². The highest BCUT2D eigenvalue weighted by atomic mass is 16.5. The maximum absolute atomic E-state index is 12.6. The summed E-state index contributed by atoms with van der Waals surface area (Å²) in [5.41, 5.74) is 6.83. The molecule has 0 radical (unpaired) electrons. The van der Waals surface area contributed by atoms with Crippen molar-refractivity contribution in [2.24, 2.45) is 5.10 Å². The summed E-state index contributed by atoms with van der Waals surface area (Å²) >= 11 is 0. The Hall–Kier alpha value is -5.04. The van der Waals surface area contributed by atoms with Crippen LogP contribution in [0.2, 0.25) is 0 Å². The van der Waals surface area contributed by atoms with Gasteiger partial charge in [0.2, 0.25) is 0 Å². The third-order valence-electron chi connectivity index (χ3n) is 5.48. The van der Waals surface area contributed by atoms with Crippen LogP contribution in [0.3, 0.4) is 0 Å². The Morgan fingerprint density at radius 1 is 0.703 bits per heavy atom. The molecule has 7 heteroatoms. The van der Waals surface area contributed by atoms with Crippen LogP contribution in [0.15, 0.2) is 102 Å². The lowest BCUT2D eigenvalue weighted by molar-refractivity contribution is 0.0734. The SMILES string of the molecule is Cc1ccc(C(=O)Nc2cccc(C(=O)NN=Cc3ccccc3OC(=O)c3ccc(C)cc3)c2)cc1. The third kappa shape index (κ3) is 6.76. The first-order chi connectivity index (χ1) is 17.9. The van der Waals surface area contributed by atoms with Crippen LogP contribution < -0.4 is 15.5 Å². The molecular formula is C30H25N3O4. The minimum Gasteiger partial charge on any atom is -0.422 e. The normalized spacial score (nSPS) is 10.6. The van der Waals surface area contributed by atoms with Gasteiger partial charge in [0.15, 0.2) is 0 Å². The molecular weight excluding hydrogens is 466 g/mol. The smallest absolute Gasteiger partial charge is 0.343 e. The maximum Gasteiger partial charge on any atom is 0.343 e. The molecule has 4 rings (SSSR count). The number of para-hydroxylation sites is 1. The van der Waals surface area contributed by atoms with Gasteiger partial charge in [0.1, 0.15) is 5.75 Å². The molecule has 0 atom stereocenters. The van der Waals surface area contributed by atoms with E-state index in [1.165, 1.54) is 6.21 Å². The van der Waals surface area contributed by atoms with Crippen LogP contribution in [0.5, 0.6) is 5.75 Å². The van der Waals surface area contributed by atoms with Gasteiger partial charge in [0, 0.05) is 22.4 Å². The molecule has 0 saturated carbocycles. The summed E-state index contributed by atoms with van der Waals surface area (Å²) in [6, 6.07) is 27.7. The predicted molar refractivity (Wildman–Crippen MR) is 143 cm³/mol. The van der Waals surface area contributed by atoms with Crippen LogP contribution >= 0.6 is 0 Å². The van der Waals surface area contributed by atoms with Crippen molar-refractivity contribution in [1.82, 2.24) is 5.43 Å². The third-order valence-corrected chi connectivity index (χ3v) is 5.48. The monoisotopic (exact) mass is 491 g/mol.